The zero-order chi connectivity index (χ0) is 10.6. The molecule has 1 heterocycles. The van der Waals surface area contributed by atoms with Crippen molar-refractivity contribution in [2.45, 2.75) is 18.7 Å². The number of carbonyl (C=O) groups excluding carboxylic acids is 1. The van der Waals surface area contributed by atoms with Gasteiger partial charge in [-0.2, -0.15) is 0 Å². The Bertz CT molecular complexity index is 238. The lowest BCUT2D eigenvalue weighted by atomic mass is 10.1. The zero-order valence-electron chi connectivity index (χ0n) is 8.62. The fraction of sp³-hybridized carbons (Fsp3) is 0.700. The van der Waals surface area contributed by atoms with E-state index >= 15 is 0 Å². The summed E-state index contributed by atoms with van der Waals surface area (Å²) < 4.78 is 5.03. The minimum atomic E-state index is -0.424. The van der Waals surface area contributed by atoms with Crippen LogP contribution in [0, 0.1) is 0 Å². The van der Waals surface area contributed by atoms with Crippen LogP contribution >= 0.6 is 11.6 Å². The normalized spacial score (nSPS) is 19.1. The third kappa shape index (κ3) is 3.00. The third-order valence-electron chi connectivity index (χ3n) is 2.28. The Balaban J connectivity index is 2.46. The number of ether oxygens (including phenoxy) is 1. The summed E-state index contributed by atoms with van der Waals surface area (Å²) in [5.74, 6) is 0.0133. The van der Waals surface area contributed by atoms with Crippen LogP contribution in [0.2, 0.25) is 0 Å². The first-order valence-electron chi connectivity index (χ1n) is 4.75. The molecule has 0 saturated heterocycles. The van der Waals surface area contributed by atoms with E-state index in [0.29, 0.717) is 13.2 Å². The topological polar surface area (TPSA) is 29.5 Å². The monoisotopic (exact) mass is 217 g/mol. The average Bonchev–Trinajstić information content (AvgIpc) is 2.18. The Hall–Kier alpha value is -0.540. The number of hydrogen-bond donors (Lipinski definition) is 0. The Morgan fingerprint density at radius 1 is 1.79 bits per heavy atom. The Morgan fingerprint density at radius 3 is 2.93 bits per heavy atom. The second kappa shape index (κ2) is 5.37. The maximum absolute atomic E-state index is 11.5. The summed E-state index contributed by atoms with van der Waals surface area (Å²) >= 11 is 5.72. The standard InChI is InChI=1S/C10H16ClNO2/c1-8(11)10(13)12-5-3-9(4-6-12)7-14-2/h3,8H,4-7H2,1-2H3. The van der Waals surface area contributed by atoms with E-state index in [-0.39, 0.29) is 5.91 Å². The van der Waals surface area contributed by atoms with Gasteiger partial charge >= 0.3 is 0 Å². The van der Waals surface area contributed by atoms with Gasteiger partial charge in [0.15, 0.2) is 0 Å². The molecular formula is C10H16ClNO2. The number of rotatable bonds is 3. The van der Waals surface area contributed by atoms with Crippen molar-refractivity contribution in [3.05, 3.63) is 11.6 Å². The number of hydrogen-bond acceptors (Lipinski definition) is 2. The lowest BCUT2D eigenvalue weighted by molar-refractivity contribution is -0.130. The van der Waals surface area contributed by atoms with Crippen molar-refractivity contribution < 1.29 is 9.53 Å². The summed E-state index contributed by atoms with van der Waals surface area (Å²) in [4.78, 5) is 13.3. The van der Waals surface area contributed by atoms with Gasteiger partial charge < -0.3 is 9.64 Å². The van der Waals surface area contributed by atoms with Crippen LogP contribution in [-0.2, 0) is 9.53 Å². The number of methoxy groups -OCH3 is 1. The largest absolute Gasteiger partial charge is 0.380 e. The van der Waals surface area contributed by atoms with E-state index in [1.807, 2.05) is 6.08 Å². The van der Waals surface area contributed by atoms with Gasteiger partial charge in [-0.25, -0.2) is 0 Å². The second-order valence-corrected chi connectivity index (χ2v) is 4.10. The van der Waals surface area contributed by atoms with E-state index in [2.05, 4.69) is 0 Å². The molecule has 1 rings (SSSR count). The first kappa shape index (κ1) is 11.5. The summed E-state index contributed by atoms with van der Waals surface area (Å²) in [6.45, 7) is 3.79. The average molecular weight is 218 g/mol. The van der Waals surface area contributed by atoms with Gasteiger partial charge in [-0.3, -0.25) is 4.79 Å². The van der Waals surface area contributed by atoms with Crippen LogP contribution in [0.15, 0.2) is 11.6 Å². The highest BCUT2D eigenvalue weighted by molar-refractivity contribution is 6.30. The van der Waals surface area contributed by atoms with Crippen LogP contribution in [-0.4, -0.2) is 43.0 Å². The van der Waals surface area contributed by atoms with E-state index in [0.717, 1.165) is 13.0 Å². The molecule has 3 nitrogen and oxygen atoms in total. The van der Waals surface area contributed by atoms with E-state index in [9.17, 15) is 4.79 Å². The van der Waals surface area contributed by atoms with Crippen LogP contribution in [0.25, 0.3) is 0 Å². The zero-order valence-corrected chi connectivity index (χ0v) is 9.38. The molecule has 0 spiro atoms. The maximum atomic E-state index is 11.5. The Kier molecular flexibility index (Phi) is 4.42. The van der Waals surface area contributed by atoms with Gasteiger partial charge in [0.25, 0.3) is 0 Å². The lowest BCUT2D eigenvalue weighted by Crippen LogP contribution is -2.39. The lowest BCUT2D eigenvalue weighted by Gasteiger charge is -2.27. The predicted octanol–water partition coefficient (Wildman–Crippen LogP) is 1.42. The quantitative estimate of drug-likeness (QED) is 0.529. The molecule has 1 aliphatic heterocycles. The van der Waals surface area contributed by atoms with Gasteiger partial charge in [-0.1, -0.05) is 6.08 Å². The van der Waals surface area contributed by atoms with Crippen molar-refractivity contribution >= 4 is 17.5 Å². The van der Waals surface area contributed by atoms with Crippen molar-refractivity contribution in [2.75, 3.05) is 26.8 Å². The first-order chi connectivity index (χ1) is 6.65. The van der Waals surface area contributed by atoms with E-state index < -0.39 is 5.38 Å². The highest BCUT2D eigenvalue weighted by Crippen LogP contribution is 2.13. The Morgan fingerprint density at radius 2 is 2.50 bits per heavy atom. The number of amides is 1. The molecule has 4 heteroatoms. The summed E-state index contributed by atoms with van der Waals surface area (Å²) in [6, 6.07) is 0. The molecular weight excluding hydrogens is 202 g/mol. The SMILES string of the molecule is COCC1=CCN(C(=O)C(C)Cl)CC1. The van der Waals surface area contributed by atoms with Gasteiger partial charge in [-0.15, -0.1) is 11.6 Å². The molecule has 0 aliphatic carbocycles. The van der Waals surface area contributed by atoms with Crippen LogP contribution in [0.5, 0.6) is 0 Å². The fourth-order valence-electron chi connectivity index (χ4n) is 1.48. The molecule has 1 aliphatic rings. The fourth-order valence-corrected chi connectivity index (χ4v) is 1.62. The molecule has 0 saturated carbocycles. The van der Waals surface area contributed by atoms with Crippen LogP contribution in [0.1, 0.15) is 13.3 Å². The van der Waals surface area contributed by atoms with Crippen molar-refractivity contribution in [3.8, 4) is 0 Å². The molecule has 1 unspecified atom stereocenters. The van der Waals surface area contributed by atoms with Crippen molar-refractivity contribution in [1.82, 2.24) is 4.90 Å². The Labute approximate surface area is 89.7 Å². The van der Waals surface area contributed by atoms with Crippen molar-refractivity contribution in [2.24, 2.45) is 0 Å². The smallest absolute Gasteiger partial charge is 0.240 e. The molecule has 0 bridgehead atoms. The molecule has 0 aromatic heterocycles. The van der Waals surface area contributed by atoms with E-state index in [4.69, 9.17) is 16.3 Å². The van der Waals surface area contributed by atoms with Gasteiger partial charge in [-0.05, 0) is 18.9 Å². The summed E-state index contributed by atoms with van der Waals surface area (Å²) in [7, 11) is 1.68. The molecule has 0 N–H and O–H groups in total. The molecule has 14 heavy (non-hydrogen) atoms. The van der Waals surface area contributed by atoms with E-state index in [1.54, 1.807) is 18.9 Å². The van der Waals surface area contributed by atoms with Crippen LogP contribution in [0.4, 0.5) is 0 Å². The van der Waals surface area contributed by atoms with Crippen LogP contribution in [0.3, 0.4) is 0 Å². The maximum Gasteiger partial charge on any atom is 0.240 e. The highest BCUT2D eigenvalue weighted by Gasteiger charge is 2.20. The first-order valence-corrected chi connectivity index (χ1v) is 5.18. The molecule has 0 fully saturated rings. The molecule has 0 aromatic rings. The van der Waals surface area contributed by atoms with Crippen molar-refractivity contribution in [3.63, 3.8) is 0 Å². The van der Waals surface area contributed by atoms with Gasteiger partial charge in [0.1, 0.15) is 5.38 Å². The molecule has 80 valence electrons. The third-order valence-corrected chi connectivity index (χ3v) is 2.47. The molecule has 1 amide bonds. The second-order valence-electron chi connectivity index (χ2n) is 3.45. The summed E-state index contributed by atoms with van der Waals surface area (Å²) in [6.07, 6.45) is 2.94. The number of halogens is 1. The number of alkyl halides is 1. The molecule has 0 radical (unpaired) electrons. The molecule has 1 atom stereocenters. The molecule has 0 aromatic carbocycles. The number of nitrogens with zero attached hydrogens (tertiary/aromatic N) is 1. The van der Waals surface area contributed by atoms with Crippen molar-refractivity contribution in [1.29, 1.82) is 0 Å². The summed E-state index contributed by atoms with van der Waals surface area (Å²) in [5.41, 5.74) is 1.26. The van der Waals surface area contributed by atoms with Crippen LogP contribution < -0.4 is 0 Å². The van der Waals surface area contributed by atoms with Gasteiger partial charge in [0.2, 0.25) is 5.91 Å². The van der Waals surface area contributed by atoms with E-state index in [1.165, 1.54) is 5.57 Å². The summed E-state index contributed by atoms with van der Waals surface area (Å²) in [5, 5.41) is -0.424. The minimum absolute atomic E-state index is 0.0133. The predicted molar refractivity (Wildman–Crippen MR) is 56.5 cm³/mol. The van der Waals surface area contributed by atoms with Gasteiger partial charge in [0.05, 0.1) is 6.61 Å². The van der Waals surface area contributed by atoms with Gasteiger partial charge in [0, 0.05) is 20.2 Å². The number of carbonyl (C=O) groups is 1. The highest BCUT2D eigenvalue weighted by atomic mass is 35.5. The minimum Gasteiger partial charge on any atom is -0.380 e.